The molecule has 13 heavy (non-hydrogen) atoms. The standard InChI is InChI=1S/C7H13NO5/c9-4-2-8-1-3(7(12)13)5(10)6(4)11/h3-6,8-11H,1-2H2,(H,12,13). The lowest BCUT2D eigenvalue weighted by Gasteiger charge is -2.22. The predicted octanol–water partition coefficient (Wildman–Crippen LogP) is -2.63. The maximum Gasteiger partial charge on any atom is 0.310 e. The molecule has 0 aromatic rings. The second kappa shape index (κ2) is 4.01. The van der Waals surface area contributed by atoms with Crippen LogP contribution in [0.15, 0.2) is 0 Å². The van der Waals surface area contributed by atoms with Gasteiger partial charge in [0.15, 0.2) is 0 Å². The van der Waals surface area contributed by atoms with Gasteiger partial charge in [0.05, 0.1) is 18.1 Å². The largest absolute Gasteiger partial charge is 0.481 e. The molecule has 4 unspecified atom stereocenters. The Balaban J connectivity index is 2.72. The first-order chi connectivity index (χ1) is 6.04. The third-order valence-electron chi connectivity index (χ3n) is 2.19. The summed E-state index contributed by atoms with van der Waals surface area (Å²) < 4.78 is 0. The van der Waals surface area contributed by atoms with Crippen LogP contribution in [0.3, 0.4) is 0 Å². The zero-order valence-electron chi connectivity index (χ0n) is 6.92. The molecule has 6 heteroatoms. The van der Waals surface area contributed by atoms with E-state index in [1.807, 2.05) is 0 Å². The first-order valence-electron chi connectivity index (χ1n) is 4.01. The Labute approximate surface area is 74.8 Å². The van der Waals surface area contributed by atoms with Gasteiger partial charge in [0.1, 0.15) is 6.10 Å². The zero-order valence-corrected chi connectivity index (χ0v) is 6.92. The van der Waals surface area contributed by atoms with Crippen molar-refractivity contribution in [1.29, 1.82) is 0 Å². The summed E-state index contributed by atoms with van der Waals surface area (Å²) in [5.74, 6) is -2.26. The van der Waals surface area contributed by atoms with Gasteiger partial charge in [-0.1, -0.05) is 0 Å². The quantitative estimate of drug-likeness (QED) is 0.310. The Kier molecular flexibility index (Phi) is 3.21. The molecule has 6 nitrogen and oxygen atoms in total. The number of β-amino-alcohol motifs (C(OH)–C–C–N with tert-alkyl or cyclic N) is 1. The summed E-state index contributed by atoms with van der Waals surface area (Å²) in [6.07, 6.45) is -3.96. The molecular formula is C7H13NO5. The van der Waals surface area contributed by atoms with Crippen molar-refractivity contribution in [3.63, 3.8) is 0 Å². The average Bonchev–Trinajstić information content (AvgIpc) is 2.18. The molecule has 1 fully saturated rings. The monoisotopic (exact) mass is 191 g/mol. The highest BCUT2D eigenvalue weighted by atomic mass is 16.4. The van der Waals surface area contributed by atoms with E-state index in [0.717, 1.165) is 0 Å². The summed E-state index contributed by atoms with van der Waals surface area (Å²) in [7, 11) is 0. The lowest BCUT2D eigenvalue weighted by molar-refractivity contribution is -0.150. The molecule has 1 aliphatic heterocycles. The molecule has 76 valence electrons. The number of nitrogens with one attached hydrogen (secondary N) is 1. The number of rotatable bonds is 1. The van der Waals surface area contributed by atoms with Crippen molar-refractivity contribution < 1.29 is 25.2 Å². The first-order valence-corrected chi connectivity index (χ1v) is 4.01. The Morgan fingerprint density at radius 2 is 1.77 bits per heavy atom. The molecule has 0 saturated carbocycles. The summed E-state index contributed by atoms with van der Waals surface area (Å²) >= 11 is 0. The van der Waals surface area contributed by atoms with Gasteiger partial charge in [-0.2, -0.15) is 0 Å². The van der Waals surface area contributed by atoms with Crippen LogP contribution in [0.2, 0.25) is 0 Å². The minimum Gasteiger partial charge on any atom is -0.481 e. The number of aliphatic hydroxyl groups is 3. The Bertz CT molecular complexity index is 197. The molecule has 5 N–H and O–H groups in total. The van der Waals surface area contributed by atoms with E-state index in [0.29, 0.717) is 0 Å². The molecular weight excluding hydrogens is 178 g/mol. The molecule has 0 radical (unpaired) electrons. The minimum atomic E-state index is -1.43. The van der Waals surface area contributed by atoms with Crippen LogP contribution in [-0.2, 0) is 4.79 Å². The van der Waals surface area contributed by atoms with Crippen LogP contribution in [0, 0.1) is 5.92 Å². The molecule has 0 aromatic carbocycles. The van der Waals surface area contributed by atoms with Crippen LogP contribution < -0.4 is 5.32 Å². The Morgan fingerprint density at radius 1 is 1.15 bits per heavy atom. The van der Waals surface area contributed by atoms with Crippen molar-refractivity contribution in [2.24, 2.45) is 5.92 Å². The number of carboxylic acid groups (broad SMARTS) is 1. The van der Waals surface area contributed by atoms with Crippen molar-refractivity contribution >= 4 is 5.97 Å². The number of aliphatic carboxylic acids is 1. The van der Waals surface area contributed by atoms with E-state index in [2.05, 4.69) is 5.32 Å². The summed E-state index contributed by atoms with van der Waals surface area (Å²) in [6, 6.07) is 0. The van der Waals surface area contributed by atoms with Crippen LogP contribution in [-0.4, -0.2) is 57.8 Å². The Hall–Kier alpha value is -0.690. The van der Waals surface area contributed by atoms with E-state index >= 15 is 0 Å². The van der Waals surface area contributed by atoms with Crippen molar-refractivity contribution in [3.8, 4) is 0 Å². The van der Waals surface area contributed by atoms with Gasteiger partial charge in [0.25, 0.3) is 0 Å². The van der Waals surface area contributed by atoms with Gasteiger partial charge in [-0.15, -0.1) is 0 Å². The molecule has 4 atom stereocenters. The summed E-state index contributed by atoms with van der Waals surface area (Å²) in [6.45, 7) is 0.132. The fourth-order valence-electron chi connectivity index (χ4n) is 1.33. The fraction of sp³-hybridized carbons (Fsp3) is 0.857. The van der Waals surface area contributed by atoms with Crippen LogP contribution >= 0.6 is 0 Å². The molecule has 0 aromatic heterocycles. The summed E-state index contributed by atoms with van der Waals surface area (Å²) in [5.41, 5.74) is 0. The van der Waals surface area contributed by atoms with Crippen LogP contribution in [0.5, 0.6) is 0 Å². The van der Waals surface area contributed by atoms with Gasteiger partial charge in [-0.25, -0.2) is 0 Å². The van der Waals surface area contributed by atoms with E-state index in [1.54, 1.807) is 0 Å². The van der Waals surface area contributed by atoms with E-state index < -0.39 is 30.2 Å². The third kappa shape index (κ3) is 2.16. The molecule has 0 amide bonds. The van der Waals surface area contributed by atoms with E-state index in [1.165, 1.54) is 0 Å². The van der Waals surface area contributed by atoms with Gasteiger partial charge in [0, 0.05) is 13.1 Å². The fourth-order valence-corrected chi connectivity index (χ4v) is 1.33. The zero-order chi connectivity index (χ0) is 10.0. The third-order valence-corrected chi connectivity index (χ3v) is 2.19. The highest BCUT2D eigenvalue weighted by Gasteiger charge is 2.37. The number of carboxylic acids is 1. The molecule has 1 heterocycles. The summed E-state index contributed by atoms with van der Waals surface area (Å²) in [4.78, 5) is 10.6. The van der Waals surface area contributed by atoms with Crippen LogP contribution in [0.4, 0.5) is 0 Å². The van der Waals surface area contributed by atoms with E-state index in [4.69, 9.17) is 10.2 Å². The number of aliphatic hydroxyl groups excluding tert-OH is 3. The van der Waals surface area contributed by atoms with Crippen molar-refractivity contribution in [2.45, 2.75) is 18.3 Å². The number of hydrogen-bond acceptors (Lipinski definition) is 5. The predicted molar refractivity (Wildman–Crippen MR) is 42.0 cm³/mol. The second-order valence-corrected chi connectivity index (χ2v) is 3.15. The normalized spacial score (nSPS) is 41.2. The van der Waals surface area contributed by atoms with Crippen LogP contribution in [0.1, 0.15) is 0 Å². The highest BCUT2D eigenvalue weighted by molar-refractivity contribution is 5.71. The van der Waals surface area contributed by atoms with Crippen molar-refractivity contribution in [1.82, 2.24) is 5.32 Å². The lowest BCUT2D eigenvalue weighted by Crippen LogP contribution is -2.43. The molecule has 0 spiro atoms. The maximum absolute atomic E-state index is 10.6. The van der Waals surface area contributed by atoms with Gasteiger partial charge >= 0.3 is 5.97 Å². The van der Waals surface area contributed by atoms with Gasteiger partial charge in [0.2, 0.25) is 0 Å². The molecule has 1 rings (SSSR count). The average molecular weight is 191 g/mol. The molecule has 1 aliphatic rings. The van der Waals surface area contributed by atoms with Gasteiger partial charge < -0.3 is 25.7 Å². The van der Waals surface area contributed by atoms with Crippen LogP contribution in [0.25, 0.3) is 0 Å². The minimum absolute atomic E-state index is 0.0463. The first kappa shape index (κ1) is 10.4. The second-order valence-electron chi connectivity index (χ2n) is 3.15. The number of carbonyl (C=O) groups is 1. The number of hydrogen-bond donors (Lipinski definition) is 5. The Morgan fingerprint density at radius 3 is 2.31 bits per heavy atom. The van der Waals surface area contributed by atoms with E-state index in [9.17, 15) is 15.0 Å². The van der Waals surface area contributed by atoms with Crippen molar-refractivity contribution in [2.75, 3.05) is 13.1 Å². The molecule has 1 saturated heterocycles. The van der Waals surface area contributed by atoms with Gasteiger partial charge in [-0.05, 0) is 0 Å². The molecule has 0 aliphatic carbocycles. The SMILES string of the molecule is O=C(O)C1CNCC(O)C(O)C1O. The van der Waals surface area contributed by atoms with E-state index in [-0.39, 0.29) is 13.1 Å². The highest BCUT2D eigenvalue weighted by Crippen LogP contribution is 2.13. The van der Waals surface area contributed by atoms with Crippen molar-refractivity contribution in [3.05, 3.63) is 0 Å². The topological polar surface area (TPSA) is 110 Å². The molecule has 0 bridgehead atoms. The lowest BCUT2D eigenvalue weighted by atomic mass is 9.97. The summed E-state index contributed by atoms with van der Waals surface area (Å²) in [5, 5.41) is 39.0. The smallest absolute Gasteiger partial charge is 0.310 e. The maximum atomic E-state index is 10.6. The van der Waals surface area contributed by atoms with Gasteiger partial charge in [-0.3, -0.25) is 4.79 Å².